The fourth-order valence-corrected chi connectivity index (χ4v) is 1.61. The normalized spacial score (nSPS) is 11.7. The molecule has 0 fully saturated rings. The summed E-state index contributed by atoms with van der Waals surface area (Å²) in [6.45, 7) is 2.01. The van der Waals surface area contributed by atoms with Gasteiger partial charge >= 0.3 is 0 Å². The Morgan fingerprint density at radius 1 is 1.50 bits per heavy atom. The summed E-state index contributed by atoms with van der Waals surface area (Å²) in [6.07, 6.45) is 0. The molecule has 0 atom stereocenters. The summed E-state index contributed by atoms with van der Waals surface area (Å²) >= 11 is 2.18. The van der Waals surface area contributed by atoms with Crippen molar-refractivity contribution in [2.24, 2.45) is 5.16 Å². The highest BCUT2D eigenvalue weighted by Crippen LogP contribution is 2.09. The Bertz CT molecular complexity index is 296. The van der Waals surface area contributed by atoms with Crippen LogP contribution < -0.4 is 0 Å². The third kappa shape index (κ3) is 1.97. The maximum absolute atomic E-state index is 8.69. The molecule has 0 saturated carbocycles. The molecule has 0 aliphatic heterocycles. The number of benzene rings is 1. The van der Waals surface area contributed by atoms with E-state index in [9.17, 15) is 0 Å². The first-order valence-corrected chi connectivity index (χ1v) is 5.15. The number of aryl methyl sites for hydroxylation is 1. The molecule has 64 valence electrons. The van der Waals surface area contributed by atoms with Crippen LogP contribution in [0.25, 0.3) is 0 Å². The summed E-state index contributed by atoms with van der Waals surface area (Å²) < 4.78 is 0.721. The molecule has 0 heterocycles. The smallest absolute Gasteiger partial charge is 0.0967 e. The Morgan fingerprint density at radius 2 is 2.17 bits per heavy atom. The van der Waals surface area contributed by atoms with E-state index in [2.05, 4.69) is 27.7 Å². The van der Waals surface area contributed by atoms with E-state index >= 15 is 0 Å². The van der Waals surface area contributed by atoms with Crippen molar-refractivity contribution in [1.29, 1.82) is 0 Å². The minimum atomic E-state index is 0.721. The monoisotopic (exact) mass is 275 g/mol. The molecule has 0 saturated heterocycles. The molecule has 0 radical (unpaired) electrons. The molecule has 2 nitrogen and oxygen atoms in total. The molecule has 0 spiro atoms. The standard InChI is InChI=1S/C9H10INO/c1-7-4-2-3-5-8(7)9(6-10)11-12/h2-5,12H,6H2,1H3/b11-9+. The first kappa shape index (κ1) is 9.51. The summed E-state index contributed by atoms with van der Waals surface area (Å²) in [4.78, 5) is 0. The predicted molar refractivity (Wildman–Crippen MR) is 58.4 cm³/mol. The highest BCUT2D eigenvalue weighted by Gasteiger charge is 2.03. The van der Waals surface area contributed by atoms with Crippen molar-refractivity contribution in [3.05, 3.63) is 35.4 Å². The van der Waals surface area contributed by atoms with Gasteiger partial charge in [0.25, 0.3) is 0 Å². The fourth-order valence-electron chi connectivity index (χ4n) is 1.05. The summed E-state index contributed by atoms with van der Waals surface area (Å²) in [7, 11) is 0. The lowest BCUT2D eigenvalue weighted by molar-refractivity contribution is 0.319. The predicted octanol–water partition coefficient (Wildman–Crippen LogP) is 2.61. The molecule has 0 amide bonds. The van der Waals surface area contributed by atoms with Crippen molar-refractivity contribution in [3.63, 3.8) is 0 Å². The van der Waals surface area contributed by atoms with Crippen LogP contribution in [0.2, 0.25) is 0 Å². The van der Waals surface area contributed by atoms with Crippen LogP contribution in [0.1, 0.15) is 11.1 Å². The van der Waals surface area contributed by atoms with Gasteiger partial charge in [-0.1, -0.05) is 52.0 Å². The number of alkyl halides is 1. The zero-order valence-electron chi connectivity index (χ0n) is 6.79. The molecule has 1 aromatic carbocycles. The maximum atomic E-state index is 8.69. The Balaban J connectivity index is 3.10. The molecule has 3 heteroatoms. The van der Waals surface area contributed by atoms with Gasteiger partial charge in [-0.25, -0.2) is 0 Å². The molecule has 1 N–H and O–H groups in total. The number of rotatable bonds is 2. The van der Waals surface area contributed by atoms with Crippen molar-refractivity contribution >= 4 is 28.3 Å². The van der Waals surface area contributed by atoms with E-state index in [4.69, 9.17) is 5.21 Å². The van der Waals surface area contributed by atoms with Crippen LogP contribution in [-0.2, 0) is 0 Å². The topological polar surface area (TPSA) is 32.6 Å². The van der Waals surface area contributed by atoms with Gasteiger partial charge in [-0.15, -0.1) is 0 Å². The molecule has 0 bridgehead atoms. The second kappa shape index (κ2) is 4.45. The first-order chi connectivity index (χ1) is 5.79. The van der Waals surface area contributed by atoms with Crippen molar-refractivity contribution in [2.75, 3.05) is 4.43 Å². The zero-order chi connectivity index (χ0) is 8.97. The van der Waals surface area contributed by atoms with Crippen LogP contribution in [0, 0.1) is 6.92 Å². The second-order valence-electron chi connectivity index (χ2n) is 2.50. The van der Waals surface area contributed by atoms with E-state index in [-0.39, 0.29) is 0 Å². The van der Waals surface area contributed by atoms with Crippen LogP contribution in [-0.4, -0.2) is 15.3 Å². The van der Waals surface area contributed by atoms with Gasteiger partial charge in [0.15, 0.2) is 0 Å². The number of nitrogens with zero attached hydrogens (tertiary/aromatic N) is 1. The van der Waals surface area contributed by atoms with Crippen LogP contribution in [0.4, 0.5) is 0 Å². The fraction of sp³-hybridized carbons (Fsp3) is 0.222. The zero-order valence-corrected chi connectivity index (χ0v) is 8.95. The number of hydrogen-bond donors (Lipinski definition) is 1. The summed E-state index contributed by atoms with van der Waals surface area (Å²) in [5.74, 6) is 0. The maximum Gasteiger partial charge on any atom is 0.0967 e. The third-order valence-electron chi connectivity index (χ3n) is 1.70. The molecule has 0 unspecified atom stereocenters. The van der Waals surface area contributed by atoms with Gasteiger partial charge in [-0.2, -0.15) is 0 Å². The molecule has 0 aliphatic rings. The lowest BCUT2D eigenvalue weighted by atomic mass is 10.1. The van der Waals surface area contributed by atoms with Gasteiger partial charge in [-0.3, -0.25) is 0 Å². The SMILES string of the molecule is Cc1ccccc1/C(CI)=N/O. The van der Waals surface area contributed by atoms with Gasteiger partial charge in [-0.05, 0) is 12.5 Å². The summed E-state index contributed by atoms with van der Waals surface area (Å²) in [5.41, 5.74) is 2.89. The molecule has 1 aromatic rings. The van der Waals surface area contributed by atoms with Crippen molar-refractivity contribution < 1.29 is 5.21 Å². The minimum Gasteiger partial charge on any atom is -0.411 e. The van der Waals surface area contributed by atoms with E-state index in [1.165, 1.54) is 0 Å². The number of halogens is 1. The molecule has 0 aromatic heterocycles. The average Bonchev–Trinajstić information content (AvgIpc) is 2.10. The van der Waals surface area contributed by atoms with Crippen LogP contribution >= 0.6 is 22.6 Å². The molecule has 12 heavy (non-hydrogen) atoms. The number of hydrogen-bond acceptors (Lipinski definition) is 2. The highest BCUT2D eigenvalue weighted by molar-refractivity contribution is 14.1. The summed E-state index contributed by atoms with van der Waals surface area (Å²) in [6, 6.07) is 7.89. The van der Waals surface area contributed by atoms with E-state index in [1.54, 1.807) is 0 Å². The van der Waals surface area contributed by atoms with Gasteiger partial charge in [0.05, 0.1) is 5.71 Å². The van der Waals surface area contributed by atoms with Crippen LogP contribution in [0.3, 0.4) is 0 Å². The van der Waals surface area contributed by atoms with E-state index in [0.717, 1.165) is 21.3 Å². The van der Waals surface area contributed by atoms with Crippen molar-refractivity contribution in [1.82, 2.24) is 0 Å². The molecular formula is C9H10INO. The largest absolute Gasteiger partial charge is 0.411 e. The third-order valence-corrected chi connectivity index (χ3v) is 2.43. The Morgan fingerprint density at radius 3 is 2.67 bits per heavy atom. The Hall–Kier alpha value is -0.580. The quantitative estimate of drug-likeness (QED) is 0.291. The average molecular weight is 275 g/mol. The van der Waals surface area contributed by atoms with Gasteiger partial charge < -0.3 is 5.21 Å². The Labute approximate surface area is 85.4 Å². The lowest BCUT2D eigenvalue weighted by Crippen LogP contribution is -2.03. The summed E-state index contributed by atoms with van der Waals surface area (Å²) in [5, 5.41) is 11.9. The first-order valence-electron chi connectivity index (χ1n) is 3.62. The Kier molecular flexibility index (Phi) is 3.52. The van der Waals surface area contributed by atoms with Gasteiger partial charge in [0.1, 0.15) is 0 Å². The lowest BCUT2D eigenvalue weighted by Gasteiger charge is -2.03. The highest BCUT2D eigenvalue weighted by atomic mass is 127. The van der Waals surface area contributed by atoms with E-state index < -0.39 is 0 Å². The number of oxime groups is 1. The minimum absolute atomic E-state index is 0.721. The van der Waals surface area contributed by atoms with E-state index in [0.29, 0.717) is 0 Å². The van der Waals surface area contributed by atoms with Crippen molar-refractivity contribution in [3.8, 4) is 0 Å². The van der Waals surface area contributed by atoms with Crippen LogP contribution in [0.15, 0.2) is 29.4 Å². The molecule has 0 aliphatic carbocycles. The molecular weight excluding hydrogens is 265 g/mol. The van der Waals surface area contributed by atoms with Gasteiger partial charge in [0, 0.05) is 9.99 Å². The van der Waals surface area contributed by atoms with Crippen molar-refractivity contribution in [2.45, 2.75) is 6.92 Å². The van der Waals surface area contributed by atoms with E-state index in [1.807, 2.05) is 31.2 Å². The van der Waals surface area contributed by atoms with Gasteiger partial charge in [0.2, 0.25) is 0 Å². The van der Waals surface area contributed by atoms with Crippen LogP contribution in [0.5, 0.6) is 0 Å². The molecule has 1 rings (SSSR count). The second-order valence-corrected chi connectivity index (χ2v) is 3.26.